The maximum absolute atomic E-state index is 11.2. The third kappa shape index (κ3) is 1.02. The first-order valence-corrected chi connectivity index (χ1v) is 5.02. The number of ketones is 1. The van der Waals surface area contributed by atoms with Gasteiger partial charge < -0.3 is 0 Å². The van der Waals surface area contributed by atoms with Gasteiger partial charge in [0.1, 0.15) is 4.91 Å². The molecule has 5 nitrogen and oxygen atoms in total. The van der Waals surface area contributed by atoms with Crippen molar-refractivity contribution >= 4 is 21.7 Å². The number of rotatable bonds is 0. The Balaban J connectivity index is 2.73. The summed E-state index contributed by atoms with van der Waals surface area (Å²) in [5.41, 5.74) is -0.0451. The lowest BCUT2D eigenvalue weighted by Crippen LogP contribution is -2.24. The molecule has 1 N–H and O–H groups in total. The maximum Gasteiger partial charge on any atom is 0.268 e. The Morgan fingerprint density at radius 3 is 2.62 bits per heavy atom. The molecule has 0 spiro atoms. The van der Waals surface area contributed by atoms with Crippen LogP contribution in [0.3, 0.4) is 0 Å². The maximum atomic E-state index is 11.2. The highest BCUT2D eigenvalue weighted by atomic mass is 32.2. The van der Waals surface area contributed by atoms with Gasteiger partial charge in [0.2, 0.25) is 0 Å². The van der Waals surface area contributed by atoms with Crippen LogP contribution in [0.25, 0.3) is 0 Å². The molecule has 0 aromatic rings. The molecule has 0 saturated carbocycles. The van der Waals surface area contributed by atoms with Gasteiger partial charge in [-0.2, -0.15) is 0 Å². The molecule has 1 heterocycles. The van der Waals surface area contributed by atoms with Crippen molar-refractivity contribution in [1.29, 1.82) is 0 Å². The number of Topliss-reactive ketones (excluding diaryl/α,β-unsaturated/α-hetero) is 1. The summed E-state index contributed by atoms with van der Waals surface area (Å²) in [5.74, 6) is -1.25. The summed E-state index contributed by atoms with van der Waals surface area (Å²) in [4.78, 5) is 21.8. The molecule has 1 aliphatic heterocycles. The molecule has 0 atom stereocenters. The Morgan fingerprint density at radius 1 is 1.31 bits per heavy atom. The molecule has 2 aliphatic rings. The summed E-state index contributed by atoms with van der Waals surface area (Å²) >= 11 is 0. The topological polar surface area (TPSA) is 80.3 Å². The number of hydrogen-bond acceptors (Lipinski definition) is 4. The summed E-state index contributed by atoms with van der Waals surface area (Å²) in [5, 5.41) is 0. The molecule has 0 bridgehead atoms. The summed E-state index contributed by atoms with van der Waals surface area (Å²) in [6, 6.07) is 0. The van der Waals surface area contributed by atoms with Gasteiger partial charge in [-0.15, -0.1) is 0 Å². The van der Waals surface area contributed by atoms with Crippen LogP contribution in [0.2, 0.25) is 0 Å². The first kappa shape index (κ1) is 8.18. The van der Waals surface area contributed by atoms with Gasteiger partial charge in [0.15, 0.2) is 5.78 Å². The van der Waals surface area contributed by atoms with Gasteiger partial charge in [0.05, 0.1) is 5.57 Å². The minimum atomic E-state index is -3.87. The predicted octanol–water partition coefficient (Wildman–Crippen LogP) is -0.771. The van der Waals surface area contributed by atoms with Crippen LogP contribution < -0.4 is 4.72 Å². The van der Waals surface area contributed by atoms with Crippen LogP contribution in [0.5, 0.6) is 0 Å². The van der Waals surface area contributed by atoms with E-state index >= 15 is 0 Å². The van der Waals surface area contributed by atoms with Gasteiger partial charge in [-0.25, -0.2) is 13.1 Å². The van der Waals surface area contributed by atoms with E-state index in [0.29, 0.717) is 0 Å². The fraction of sp³-hybridized carbons (Fsp3) is 0.143. The first-order chi connectivity index (χ1) is 6.02. The Hall–Kier alpha value is -1.43. The van der Waals surface area contributed by atoms with E-state index in [4.69, 9.17) is 0 Å². The molecular formula is C7H5NO4S. The van der Waals surface area contributed by atoms with Crippen molar-refractivity contribution in [2.24, 2.45) is 0 Å². The van der Waals surface area contributed by atoms with E-state index in [0.717, 1.165) is 0 Å². The van der Waals surface area contributed by atoms with Crippen molar-refractivity contribution in [2.45, 2.75) is 6.42 Å². The van der Waals surface area contributed by atoms with Gasteiger partial charge in [0.25, 0.3) is 15.9 Å². The second-order valence-electron chi connectivity index (χ2n) is 2.71. The summed E-state index contributed by atoms with van der Waals surface area (Å²) in [6.45, 7) is 0. The predicted molar refractivity (Wildman–Crippen MR) is 42.9 cm³/mol. The van der Waals surface area contributed by atoms with E-state index in [2.05, 4.69) is 0 Å². The molecule has 0 radical (unpaired) electrons. The largest absolute Gasteiger partial charge is 0.293 e. The Morgan fingerprint density at radius 2 is 2.00 bits per heavy atom. The highest BCUT2D eigenvalue weighted by Gasteiger charge is 2.39. The molecule has 2 rings (SSSR count). The molecule has 0 fully saturated rings. The highest BCUT2D eigenvalue weighted by molar-refractivity contribution is 7.95. The zero-order valence-corrected chi connectivity index (χ0v) is 7.22. The lowest BCUT2D eigenvalue weighted by molar-refractivity contribution is -0.116. The van der Waals surface area contributed by atoms with Crippen molar-refractivity contribution in [2.75, 3.05) is 0 Å². The zero-order valence-electron chi connectivity index (χ0n) is 6.40. The smallest absolute Gasteiger partial charge is 0.268 e. The van der Waals surface area contributed by atoms with Crippen LogP contribution in [0, 0.1) is 0 Å². The number of sulfonamides is 1. The van der Waals surface area contributed by atoms with Crippen LogP contribution in [0.15, 0.2) is 22.6 Å². The van der Waals surface area contributed by atoms with Gasteiger partial charge in [-0.1, -0.05) is 12.2 Å². The van der Waals surface area contributed by atoms with E-state index in [9.17, 15) is 18.0 Å². The average molecular weight is 199 g/mol. The monoisotopic (exact) mass is 199 g/mol. The van der Waals surface area contributed by atoms with E-state index < -0.39 is 21.7 Å². The highest BCUT2D eigenvalue weighted by Crippen LogP contribution is 2.25. The Labute approximate surface area is 74.2 Å². The second-order valence-corrected chi connectivity index (χ2v) is 4.33. The van der Waals surface area contributed by atoms with Crippen molar-refractivity contribution in [3.8, 4) is 0 Å². The van der Waals surface area contributed by atoms with Crippen LogP contribution in [0.4, 0.5) is 0 Å². The Bertz CT molecular complexity index is 469. The van der Waals surface area contributed by atoms with Crippen molar-refractivity contribution in [3.63, 3.8) is 0 Å². The molecule has 0 aromatic heterocycles. The van der Waals surface area contributed by atoms with Crippen molar-refractivity contribution in [1.82, 2.24) is 4.72 Å². The van der Waals surface area contributed by atoms with Crippen LogP contribution in [-0.4, -0.2) is 20.1 Å². The van der Waals surface area contributed by atoms with Crippen LogP contribution in [-0.2, 0) is 19.6 Å². The first-order valence-electron chi connectivity index (χ1n) is 3.53. The number of amides is 1. The summed E-state index contributed by atoms with van der Waals surface area (Å²) < 4.78 is 24.1. The lowest BCUT2D eigenvalue weighted by atomic mass is 10.1. The molecule has 0 saturated heterocycles. The Kier molecular flexibility index (Phi) is 1.44. The van der Waals surface area contributed by atoms with E-state index in [1.807, 2.05) is 0 Å². The summed E-state index contributed by atoms with van der Waals surface area (Å²) in [7, 11) is -3.87. The quantitative estimate of drug-likeness (QED) is 0.555. The number of allylic oxidation sites excluding steroid dienone is 2. The molecule has 1 aliphatic carbocycles. The summed E-state index contributed by atoms with van der Waals surface area (Å²) in [6.07, 6.45) is 2.87. The van der Waals surface area contributed by atoms with Crippen molar-refractivity contribution in [3.05, 3.63) is 22.6 Å². The SMILES string of the molecule is O=C1CC=CC2=C1S(=O)(=O)NC2=O. The zero-order chi connectivity index (χ0) is 9.64. The van der Waals surface area contributed by atoms with Gasteiger partial charge in [-0.05, 0) is 0 Å². The molecule has 1 amide bonds. The molecule has 68 valence electrons. The molecular weight excluding hydrogens is 194 g/mol. The minimum absolute atomic E-state index is 0.0347. The van der Waals surface area contributed by atoms with Gasteiger partial charge in [0, 0.05) is 6.42 Å². The number of hydrogen-bond donors (Lipinski definition) is 1. The minimum Gasteiger partial charge on any atom is -0.293 e. The molecule has 13 heavy (non-hydrogen) atoms. The number of carbonyl (C=O) groups excluding carboxylic acids is 2. The normalized spacial score (nSPS) is 24.6. The second kappa shape index (κ2) is 2.29. The van der Waals surface area contributed by atoms with Gasteiger partial charge >= 0.3 is 0 Å². The van der Waals surface area contributed by atoms with E-state index in [1.54, 1.807) is 4.72 Å². The lowest BCUT2D eigenvalue weighted by Gasteiger charge is -2.02. The van der Waals surface area contributed by atoms with Crippen LogP contribution in [0.1, 0.15) is 6.42 Å². The number of nitrogens with one attached hydrogen (secondary N) is 1. The fourth-order valence-electron chi connectivity index (χ4n) is 1.30. The number of carbonyl (C=O) groups is 2. The fourth-order valence-corrected chi connectivity index (χ4v) is 2.59. The van der Waals surface area contributed by atoms with E-state index in [-0.39, 0.29) is 16.9 Å². The van der Waals surface area contributed by atoms with E-state index in [1.165, 1.54) is 12.2 Å². The molecule has 0 unspecified atom stereocenters. The average Bonchev–Trinajstić information content (AvgIpc) is 2.24. The third-order valence-electron chi connectivity index (χ3n) is 1.83. The van der Waals surface area contributed by atoms with Gasteiger partial charge in [-0.3, -0.25) is 9.59 Å². The molecule has 6 heteroatoms. The molecule has 0 aromatic carbocycles. The van der Waals surface area contributed by atoms with Crippen molar-refractivity contribution < 1.29 is 18.0 Å². The standard InChI is InChI=1S/C7H5NO4S/c9-5-3-1-2-4-6(5)13(11,12)8-7(4)10/h1-2H,3H2,(H,8,10). The van der Waals surface area contributed by atoms with Crippen LogP contribution >= 0.6 is 0 Å². The third-order valence-corrected chi connectivity index (χ3v) is 3.27.